The molecule has 0 aromatic carbocycles. The van der Waals surface area contributed by atoms with E-state index in [1.807, 2.05) is 6.92 Å². The van der Waals surface area contributed by atoms with Gasteiger partial charge in [0, 0.05) is 25.0 Å². The van der Waals surface area contributed by atoms with E-state index in [1.54, 1.807) is 13.0 Å². The van der Waals surface area contributed by atoms with Crippen LogP contribution in [0.3, 0.4) is 0 Å². The lowest BCUT2D eigenvalue weighted by atomic mass is 9.82. The lowest BCUT2D eigenvalue weighted by Crippen LogP contribution is -2.36. The molecular formula is C20H28O6. The number of hydrogen-bond acceptors (Lipinski definition) is 6. The maximum atomic E-state index is 12.3. The van der Waals surface area contributed by atoms with E-state index in [0.717, 1.165) is 17.6 Å². The number of ether oxygens (including phenoxy) is 2. The molecule has 1 heterocycles. The Labute approximate surface area is 154 Å². The summed E-state index contributed by atoms with van der Waals surface area (Å²) >= 11 is 0. The van der Waals surface area contributed by atoms with E-state index in [1.165, 1.54) is 0 Å². The van der Waals surface area contributed by atoms with E-state index in [2.05, 4.69) is 12.7 Å². The van der Waals surface area contributed by atoms with Crippen LogP contribution < -0.4 is 0 Å². The zero-order chi connectivity index (χ0) is 19.3. The fourth-order valence-corrected chi connectivity index (χ4v) is 3.51. The second kappa shape index (κ2) is 9.14. The Hall–Kier alpha value is -1.92. The van der Waals surface area contributed by atoms with Crippen molar-refractivity contribution in [3.8, 4) is 0 Å². The Balaban J connectivity index is 2.33. The van der Waals surface area contributed by atoms with Crippen LogP contribution in [0.1, 0.15) is 39.5 Å². The third kappa shape index (κ3) is 4.83. The number of fused-ring (bicyclic) bond motifs is 1. The van der Waals surface area contributed by atoms with Gasteiger partial charge in [0.15, 0.2) is 0 Å². The minimum absolute atomic E-state index is 0.0974. The van der Waals surface area contributed by atoms with Crippen LogP contribution in [0, 0.1) is 11.8 Å². The summed E-state index contributed by atoms with van der Waals surface area (Å²) in [4.78, 5) is 24.5. The van der Waals surface area contributed by atoms with Crippen molar-refractivity contribution in [1.29, 1.82) is 0 Å². The molecule has 26 heavy (non-hydrogen) atoms. The minimum atomic E-state index is -0.564. The summed E-state index contributed by atoms with van der Waals surface area (Å²) in [5.41, 5.74) is 2.06. The third-order valence-corrected chi connectivity index (χ3v) is 5.06. The lowest BCUT2D eigenvalue weighted by Gasteiger charge is -2.29. The largest absolute Gasteiger partial charge is 0.458 e. The number of carbonyl (C=O) groups excluding carboxylic acids is 2. The molecule has 6 nitrogen and oxygen atoms in total. The molecule has 0 amide bonds. The van der Waals surface area contributed by atoms with Gasteiger partial charge in [-0.2, -0.15) is 0 Å². The van der Waals surface area contributed by atoms with Crippen molar-refractivity contribution in [3.05, 3.63) is 35.5 Å². The summed E-state index contributed by atoms with van der Waals surface area (Å²) in [7, 11) is 0. The normalized spacial score (nSPS) is 33.2. The van der Waals surface area contributed by atoms with E-state index in [4.69, 9.17) is 14.6 Å². The van der Waals surface area contributed by atoms with Crippen molar-refractivity contribution in [2.24, 2.45) is 11.8 Å². The monoisotopic (exact) mass is 364 g/mol. The van der Waals surface area contributed by atoms with Crippen LogP contribution in [0.5, 0.6) is 0 Å². The van der Waals surface area contributed by atoms with Gasteiger partial charge in [-0.1, -0.05) is 25.2 Å². The average molecular weight is 364 g/mol. The number of esters is 2. The van der Waals surface area contributed by atoms with Gasteiger partial charge in [-0.25, -0.2) is 4.79 Å². The van der Waals surface area contributed by atoms with Gasteiger partial charge in [0.25, 0.3) is 0 Å². The molecule has 1 unspecified atom stereocenters. The first-order chi connectivity index (χ1) is 12.4. The number of aliphatic hydroxyl groups excluding tert-OH is 2. The van der Waals surface area contributed by atoms with Gasteiger partial charge in [0.2, 0.25) is 0 Å². The fourth-order valence-electron chi connectivity index (χ4n) is 3.51. The summed E-state index contributed by atoms with van der Waals surface area (Å²) in [5, 5.41) is 18.6. The van der Waals surface area contributed by atoms with Crippen LogP contribution in [0.15, 0.2) is 35.5 Å². The SMILES string of the molecule is C=C(CCO)C(=O)O[C@H]1C/C(C)=C/CC/C(CO)=C/[C@H]2OC(=O)[C@@H](C)C12. The Morgan fingerprint density at radius 3 is 2.81 bits per heavy atom. The summed E-state index contributed by atoms with van der Waals surface area (Å²) < 4.78 is 11.2. The highest BCUT2D eigenvalue weighted by molar-refractivity contribution is 5.88. The van der Waals surface area contributed by atoms with Crippen LogP contribution in [0.25, 0.3) is 0 Å². The molecule has 0 aromatic rings. The first-order valence-electron chi connectivity index (χ1n) is 9.03. The highest BCUT2D eigenvalue weighted by Gasteiger charge is 2.47. The fraction of sp³-hybridized carbons (Fsp3) is 0.600. The quantitative estimate of drug-likeness (QED) is 0.441. The van der Waals surface area contributed by atoms with Crippen molar-refractivity contribution in [1.82, 2.24) is 0 Å². The van der Waals surface area contributed by atoms with Gasteiger partial charge >= 0.3 is 11.9 Å². The third-order valence-electron chi connectivity index (χ3n) is 5.06. The Kier molecular flexibility index (Phi) is 7.17. The van der Waals surface area contributed by atoms with Crippen molar-refractivity contribution in [2.75, 3.05) is 13.2 Å². The number of carbonyl (C=O) groups is 2. The van der Waals surface area contributed by atoms with Crippen LogP contribution >= 0.6 is 0 Å². The Morgan fingerprint density at radius 1 is 1.42 bits per heavy atom. The van der Waals surface area contributed by atoms with Gasteiger partial charge in [0.1, 0.15) is 12.2 Å². The van der Waals surface area contributed by atoms with E-state index in [9.17, 15) is 14.7 Å². The first kappa shape index (κ1) is 20.4. The second-order valence-electron chi connectivity index (χ2n) is 7.06. The van der Waals surface area contributed by atoms with Crippen molar-refractivity contribution < 1.29 is 29.3 Å². The highest BCUT2D eigenvalue weighted by atomic mass is 16.6. The molecule has 0 aromatic heterocycles. The first-order valence-corrected chi connectivity index (χ1v) is 9.03. The predicted octanol–water partition coefficient (Wildman–Crippen LogP) is 2.06. The van der Waals surface area contributed by atoms with Crippen molar-refractivity contribution in [2.45, 2.75) is 51.7 Å². The number of allylic oxidation sites excluding steroid dienone is 1. The van der Waals surface area contributed by atoms with E-state index in [0.29, 0.717) is 12.8 Å². The molecular weight excluding hydrogens is 336 g/mol. The zero-order valence-electron chi connectivity index (χ0n) is 15.4. The predicted molar refractivity (Wildman–Crippen MR) is 96.0 cm³/mol. The van der Waals surface area contributed by atoms with Crippen LogP contribution in [-0.2, 0) is 19.1 Å². The number of aliphatic hydroxyl groups is 2. The molecule has 2 aliphatic rings. The topological polar surface area (TPSA) is 93.1 Å². The summed E-state index contributed by atoms with van der Waals surface area (Å²) in [6.45, 7) is 7.12. The van der Waals surface area contributed by atoms with Gasteiger partial charge < -0.3 is 19.7 Å². The van der Waals surface area contributed by atoms with Crippen LogP contribution in [0.2, 0.25) is 0 Å². The number of rotatable bonds is 5. The van der Waals surface area contributed by atoms with Gasteiger partial charge in [0.05, 0.1) is 18.4 Å². The summed E-state index contributed by atoms with van der Waals surface area (Å²) in [6, 6.07) is 0. The molecule has 2 rings (SSSR count). The molecule has 0 radical (unpaired) electrons. The molecule has 0 bridgehead atoms. The van der Waals surface area contributed by atoms with E-state index in [-0.39, 0.29) is 37.1 Å². The molecule has 0 spiro atoms. The van der Waals surface area contributed by atoms with E-state index >= 15 is 0 Å². The van der Waals surface area contributed by atoms with Gasteiger partial charge in [-0.05, 0) is 31.4 Å². The molecule has 144 valence electrons. The molecule has 6 heteroatoms. The summed E-state index contributed by atoms with van der Waals surface area (Å²) in [5.74, 6) is -1.65. The van der Waals surface area contributed by atoms with E-state index < -0.39 is 24.1 Å². The van der Waals surface area contributed by atoms with Crippen LogP contribution in [0.4, 0.5) is 0 Å². The summed E-state index contributed by atoms with van der Waals surface area (Å²) in [6.07, 6.45) is 4.89. The highest BCUT2D eigenvalue weighted by Crippen LogP contribution is 2.37. The Morgan fingerprint density at radius 2 is 2.15 bits per heavy atom. The molecule has 1 saturated heterocycles. The molecule has 1 aliphatic heterocycles. The van der Waals surface area contributed by atoms with Crippen molar-refractivity contribution in [3.63, 3.8) is 0 Å². The molecule has 4 atom stereocenters. The zero-order valence-corrected chi connectivity index (χ0v) is 15.4. The standard InChI is InChI=1S/C20H28O6/c1-12-5-4-6-15(11-22)10-17-18(14(3)20(24)26-17)16(9-12)25-19(23)13(2)7-8-21/h5,10,14,16-18,21-22H,2,4,6-9,11H2,1,3H3/b12-5+,15-10-/t14-,16-,17+,18?/m0/s1. The number of hydrogen-bond donors (Lipinski definition) is 2. The minimum Gasteiger partial charge on any atom is -0.458 e. The second-order valence-corrected chi connectivity index (χ2v) is 7.06. The smallest absolute Gasteiger partial charge is 0.333 e. The van der Waals surface area contributed by atoms with Crippen LogP contribution in [-0.4, -0.2) is 47.6 Å². The average Bonchev–Trinajstić information content (AvgIpc) is 2.87. The molecule has 2 N–H and O–H groups in total. The lowest BCUT2D eigenvalue weighted by molar-refractivity contribution is -0.148. The Bertz CT molecular complexity index is 618. The maximum absolute atomic E-state index is 12.3. The molecule has 1 aliphatic carbocycles. The molecule has 1 fully saturated rings. The van der Waals surface area contributed by atoms with Crippen molar-refractivity contribution >= 4 is 11.9 Å². The maximum Gasteiger partial charge on any atom is 0.333 e. The van der Waals surface area contributed by atoms with Gasteiger partial charge in [-0.15, -0.1) is 0 Å². The van der Waals surface area contributed by atoms with Gasteiger partial charge in [-0.3, -0.25) is 4.79 Å². The molecule has 0 saturated carbocycles.